The van der Waals surface area contributed by atoms with Crippen LogP contribution in [0.3, 0.4) is 0 Å². The average molecular weight is 215 g/mol. The van der Waals surface area contributed by atoms with Gasteiger partial charge in [0, 0.05) is 11.8 Å². The van der Waals surface area contributed by atoms with Crippen LogP contribution in [-0.2, 0) is 0 Å². The summed E-state index contributed by atoms with van der Waals surface area (Å²) in [6, 6.07) is 6.61. The van der Waals surface area contributed by atoms with Crippen molar-refractivity contribution in [2.75, 3.05) is 0 Å². The number of rotatable bonds is 2. The third-order valence-electron chi connectivity index (χ3n) is 2.45. The first-order valence-electron chi connectivity index (χ1n) is 5.18. The Labute approximate surface area is 94.2 Å². The lowest BCUT2D eigenvalue weighted by molar-refractivity contribution is 0.630. The van der Waals surface area contributed by atoms with Gasteiger partial charge >= 0.3 is 0 Å². The fourth-order valence-corrected chi connectivity index (χ4v) is 1.59. The van der Waals surface area contributed by atoms with E-state index >= 15 is 0 Å². The van der Waals surface area contributed by atoms with Gasteiger partial charge in [0.25, 0.3) is 0 Å². The van der Waals surface area contributed by atoms with Crippen LogP contribution in [0.2, 0.25) is 0 Å². The Bertz CT molecular complexity index is 495. The topological polar surface area (TPSA) is 25.8 Å². The molecule has 0 aliphatic carbocycles. The van der Waals surface area contributed by atoms with Crippen LogP contribution < -0.4 is 0 Å². The zero-order chi connectivity index (χ0) is 11.5. The Morgan fingerprint density at radius 3 is 2.69 bits per heavy atom. The first-order chi connectivity index (χ1) is 7.70. The lowest BCUT2D eigenvalue weighted by Crippen LogP contribution is -1.98. The minimum atomic E-state index is -0.267. The number of hydrogen-bond donors (Lipinski definition) is 0. The molecular formula is C13H12FN2. The van der Waals surface area contributed by atoms with Crippen LogP contribution in [0.1, 0.15) is 25.3 Å². The van der Waals surface area contributed by atoms with E-state index in [1.54, 1.807) is 24.4 Å². The summed E-state index contributed by atoms with van der Waals surface area (Å²) < 4.78 is 13.6. The fourth-order valence-electron chi connectivity index (χ4n) is 1.59. The quantitative estimate of drug-likeness (QED) is 0.768. The van der Waals surface area contributed by atoms with Crippen molar-refractivity contribution in [3.05, 3.63) is 48.2 Å². The molecule has 0 atom stereocenters. The normalized spacial score (nSPS) is 10.8. The lowest BCUT2D eigenvalue weighted by atomic mass is 9.98. The number of nitrogens with zero attached hydrogens (tertiary/aromatic N) is 2. The molecule has 0 unspecified atom stereocenters. The molecule has 1 heterocycles. The van der Waals surface area contributed by atoms with E-state index in [9.17, 15) is 4.39 Å². The van der Waals surface area contributed by atoms with Gasteiger partial charge in [-0.05, 0) is 23.6 Å². The molecule has 1 aromatic heterocycles. The van der Waals surface area contributed by atoms with Crippen molar-refractivity contribution in [3.63, 3.8) is 0 Å². The second kappa shape index (κ2) is 4.39. The van der Waals surface area contributed by atoms with E-state index < -0.39 is 0 Å². The summed E-state index contributed by atoms with van der Waals surface area (Å²) in [4.78, 5) is 7.92. The van der Waals surface area contributed by atoms with Gasteiger partial charge < -0.3 is 0 Å². The van der Waals surface area contributed by atoms with E-state index in [1.807, 2.05) is 13.8 Å². The lowest BCUT2D eigenvalue weighted by Gasteiger charge is -2.10. The van der Waals surface area contributed by atoms with Crippen LogP contribution in [0.5, 0.6) is 0 Å². The molecule has 2 nitrogen and oxygen atoms in total. The maximum absolute atomic E-state index is 13.6. The van der Waals surface area contributed by atoms with Gasteiger partial charge in [-0.15, -0.1) is 0 Å². The Balaban J connectivity index is 2.60. The molecule has 0 amide bonds. The van der Waals surface area contributed by atoms with Gasteiger partial charge in [-0.2, -0.15) is 0 Å². The minimum Gasteiger partial charge on any atom is -0.233 e. The molecule has 0 fully saturated rings. The highest BCUT2D eigenvalue weighted by atomic mass is 19.1. The molecule has 3 heteroatoms. The molecule has 16 heavy (non-hydrogen) atoms. The summed E-state index contributed by atoms with van der Waals surface area (Å²) in [5.41, 5.74) is 2.07. The van der Waals surface area contributed by atoms with E-state index in [-0.39, 0.29) is 11.7 Å². The van der Waals surface area contributed by atoms with Crippen molar-refractivity contribution in [3.8, 4) is 11.3 Å². The van der Waals surface area contributed by atoms with E-state index in [4.69, 9.17) is 0 Å². The van der Waals surface area contributed by atoms with E-state index in [1.165, 1.54) is 6.07 Å². The van der Waals surface area contributed by atoms with Crippen LogP contribution in [-0.4, -0.2) is 9.97 Å². The monoisotopic (exact) mass is 215 g/mol. The summed E-state index contributed by atoms with van der Waals surface area (Å²) in [5.74, 6) is -0.0132. The molecule has 0 saturated carbocycles. The molecule has 0 N–H and O–H groups in total. The zero-order valence-electron chi connectivity index (χ0n) is 9.24. The highest BCUT2D eigenvalue weighted by molar-refractivity contribution is 5.63. The highest BCUT2D eigenvalue weighted by Gasteiger charge is 2.13. The first kappa shape index (κ1) is 10.7. The van der Waals surface area contributed by atoms with Crippen molar-refractivity contribution in [1.29, 1.82) is 0 Å². The predicted octanol–water partition coefficient (Wildman–Crippen LogP) is 3.21. The largest absolute Gasteiger partial charge is 0.233 e. The maximum Gasteiger partial charge on any atom is 0.198 e. The first-order valence-corrected chi connectivity index (χ1v) is 5.18. The average Bonchev–Trinajstić information content (AvgIpc) is 2.29. The van der Waals surface area contributed by atoms with Gasteiger partial charge in [-0.1, -0.05) is 26.0 Å². The van der Waals surface area contributed by atoms with Crippen LogP contribution in [0.15, 0.2) is 30.5 Å². The van der Waals surface area contributed by atoms with Crippen LogP contribution in [0, 0.1) is 12.1 Å². The number of aromatic nitrogens is 2. The molecule has 0 bridgehead atoms. The molecule has 0 saturated heterocycles. The smallest absolute Gasteiger partial charge is 0.198 e. The van der Waals surface area contributed by atoms with E-state index in [0.29, 0.717) is 11.3 Å². The number of halogens is 1. The molecule has 2 rings (SSSR count). The van der Waals surface area contributed by atoms with Crippen LogP contribution in [0.4, 0.5) is 4.39 Å². The summed E-state index contributed by atoms with van der Waals surface area (Å²) >= 11 is 0. The molecule has 81 valence electrons. The van der Waals surface area contributed by atoms with Crippen molar-refractivity contribution >= 4 is 0 Å². The van der Waals surface area contributed by atoms with Gasteiger partial charge in [-0.3, -0.25) is 0 Å². The molecule has 0 aliphatic heterocycles. The van der Waals surface area contributed by atoms with E-state index in [2.05, 4.69) is 16.3 Å². The second-order valence-corrected chi connectivity index (χ2v) is 3.91. The fraction of sp³-hybridized carbons (Fsp3) is 0.231. The Hall–Kier alpha value is -1.77. The summed E-state index contributed by atoms with van der Waals surface area (Å²) in [6.45, 7) is 4.06. The molecule has 0 spiro atoms. The predicted molar refractivity (Wildman–Crippen MR) is 60.4 cm³/mol. The van der Waals surface area contributed by atoms with Crippen molar-refractivity contribution in [2.24, 2.45) is 0 Å². The Kier molecular flexibility index (Phi) is 2.95. The van der Waals surface area contributed by atoms with Crippen molar-refractivity contribution < 1.29 is 4.39 Å². The second-order valence-electron chi connectivity index (χ2n) is 3.91. The van der Waals surface area contributed by atoms with Gasteiger partial charge in [-0.25, -0.2) is 14.4 Å². The van der Waals surface area contributed by atoms with Crippen molar-refractivity contribution in [1.82, 2.24) is 9.97 Å². The van der Waals surface area contributed by atoms with Crippen LogP contribution in [0.25, 0.3) is 11.3 Å². The standard InChI is InChI=1S/C13H12FN2/c1-9(2)11-7-15-8-16-13(11)10-5-3-4-6-12(10)14/h3-7,9H,1-2H3. The Morgan fingerprint density at radius 1 is 1.25 bits per heavy atom. The SMILES string of the molecule is CC(C)c1cn[c]nc1-c1ccccc1F. The summed E-state index contributed by atoms with van der Waals surface area (Å²) in [7, 11) is 0. The Morgan fingerprint density at radius 2 is 2.00 bits per heavy atom. The van der Waals surface area contributed by atoms with Gasteiger partial charge in [0.2, 0.25) is 0 Å². The van der Waals surface area contributed by atoms with Gasteiger partial charge in [0.1, 0.15) is 5.82 Å². The molecule has 1 radical (unpaired) electrons. The van der Waals surface area contributed by atoms with E-state index in [0.717, 1.165) is 5.56 Å². The van der Waals surface area contributed by atoms with Crippen LogP contribution >= 0.6 is 0 Å². The summed E-state index contributed by atoms with van der Waals surface area (Å²) in [5, 5.41) is 0. The molecular weight excluding hydrogens is 203 g/mol. The highest BCUT2D eigenvalue weighted by Crippen LogP contribution is 2.27. The van der Waals surface area contributed by atoms with Crippen molar-refractivity contribution in [2.45, 2.75) is 19.8 Å². The summed E-state index contributed by atoms with van der Waals surface area (Å²) in [6.07, 6.45) is 4.21. The van der Waals surface area contributed by atoms with Gasteiger partial charge in [0.15, 0.2) is 6.33 Å². The number of hydrogen-bond acceptors (Lipinski definition) is 2. The molecule has 1 aromatic carbocycles. The molecule has 0 aliphatic rings. The maximum atomic E-state index is 13.6. The third kappa shape index (κ3) is 1.94. The zero-order valence-corrected chi connectivity index (χ0v) is 9.24. The van der Waals surface area contributed by atoms with Gasteiger partial charge in [0.05, 0.1) is 5.69 Å². The minimum absolute atomic E-state index is 0.254. The molecule has 2 aromatic rings. The number of benzene rings is 1. The third-order valence-corrected chi connectivity index (χ3v) is 2.45.